The van der Waals surface area contributed by atoms with Crippen LogP contribution in [0, 0.1) is 0 Å². The van der Waals surface area contributed by atoms with Gasteiger partial charge in [0.05, 0.1) is 6.61 Å². The number of rotatable bonds is 1. The van der Waals surface area contributed by atoms with E-state index in [9.17, 15) is 0 Å². The molecule has 0 aromatic heterocycles. The maximum absolute atomic E-state index is 5.29. The fourth-order valence-electron chi connectivity index (χ4n) is 0.857. The predicted molar refractivity (Wildman–Crippen MR) is 38.1 cm³/mol. The lowest BCUT2D eigenvalue weighted by molar-refractivity contribution is 0.206. The minimum atomic E-state index is 0.885. The average molecular weight is 124 g/mol. The molecular weight excluding hydrogens is 112 g/mol. The molecule has 0 unspecified atom stereocenters. The molecular formula is C8H12O. The van der Waals surface area contributed by atoms with Gasteiger partial charge in [-0.1, -0.05) is 6.08 Å². The number of hydrogen-bond acceptors (Lipinski definition) is 1. The van der Waals surface area contributed by atoms with Crippen LogP contribution in [0.2, 0.25) is 0 Å². The second-order valence-electron chi connectivity index (χ2n) is 2.10. The molecule has 0 saturated carbocycles. The fourth-order valence-corrected chi connectivity index (χ4v) is 0.857. The summed E-state index contributed by atoms with van der Waals surface area (Å²) >= 11 is 0. The van der Waals surface area contributed by atoms with Crippen molar-refractivity contribution < 1.29 is 4.74 Å². The van der Waals surface area contributed by atoms with E-state index >= 15 is 0 Å². The Labute approximate surface area is 56.0 Å². The van der Waals surface area contributed by atoms with Gasteiger partial charge in [0.1, 0.15) is 5.76 Å². The van der Waals surface area contributed by atoms with Crippen molar-refractivity contribution >= 4 is 0 Å². The van der Waals surface area contributed by atoms with Gasteiger partial charge in [-0.05, 0) is 31.9 Å². The molecule has 0 saturated heterocycles. The lowest BCUT2D eigenvalue weighted by Crippen LogP contribution is -1.98. The number of ether oxygens (including phenoxy) is 1. The molecule has 50 valence electrons. The van der Waals surface area contributed by atoms with Crippen molar-refractivity contribution in [2.24, 2.45) is 0 Å². The summed E-state index contributed by atoms with van der Waals surface area (Å²) in [6.45, 7) is 2.88. The molecule has 1 heteroatoms. The van der Waals surface area contributed by atoms with Gasteiger partial charge in [-0.2, -0.15) is 0 Å². The number of allylic oxidation sites excluding steroid dienone is 3. The van der Waals surface area contributed by atoms with E-state index in [1.165, 1.54) is 12.8 Å². The van der Waals surface area contributed by atoms with Gasteiger partial charge in [0.25, 0.3) is 0 Å². The minimum absolute atomic E-state index is 0.885. The molecule has 1 aliphatic heterocycles. The molecule has 1 aliphatic rings. The van der Waals surface area contributed by atoms with Crippen molar-refractivity contribution in [2.45, 2.75) is 19.8 Å². The smallest absolute Gasteiger partial charge is 0.114 e. The Balaban J connectivity index is 2.46. The highest BCUT2D eigenvalue weighted by molar-refractivity contribution is 5.12. The first-order valence-corrected chi connectivity index (χ1v) is 3.39. The highest BCUT2D eigenvalue weighted by atomic mass is 16.5. The summed E-state index contributed by atoms with van der Waals surface area (Å²) in [7, 11) is 0. The molecule has 1 nitrogen and oxygen atoms in total. The third-order valence-corrected chi connectivity index (χ3v) is 1.29. The van der Waals surface area contributed by atoms with E-state index in [1.807, 2.05) is 19.1 Å². The Morgan fingerprint density at radius 2 is 2.56 bits per heavy atom. The van der Waals surface area contributed by atoms with Crippen LogP contribution in [0.3, 0.4) is 0 Å². The zero-order valence-electron chi connectivity index (χ0n) is 5.76. The van der Waals surface area contributed by atoms with Crippen LogP contribution in [0.1, 0.15) is 19.8 Å². The Hall–Kier alpha value is -0.720. The number of hydrogen-bond donors (Lipinski definition) is 0. The first-order chi connectivity index (χ1) is 4.43. The van der Waals surface area contributed by atoms with Gasteiger partial charge in [0, 0.05) is 0 Å². The van der Waals surface area contributed by atoms with Crippen LogP contribution < -0.4 is 0 Å². The van der Waals surface area contributed by atoms with Crippen LogP contribution in [0.15, 0.2) is 24.0 Å². The van der Waals surface area contributed by atoms with E-state index in [0.29, 0.717) is 0 Å². The predicted octanol–water partition coefficient (Wildman–Crippen LogP) is 2.26. The van der Waals surface area contributed by atoms with Crippen LogP contribution in [0.4, 0.5) is 0 Å². The Kier molecular flexibility index (Phi) is 2.37. The normalized spacial score (nSPS) is 19.4. The maximum Gasteiger partial charge on any atom is 0.114 e. The van der Waals surface area contributed by atoms with Crippen LogP contribution in [0.25, 0.3) is 0 Å². The second kappa shape index (κ2) is 3.33. The van der Waals surface area contributed by atoms with Gasteiger partial charge in [0.2, 0.25) is 0 Å². The standard InChI is InChI=1S/C8H12O/c1-2-5-8-6-3-4-7-9-8/h2,5-6H,3-4,7H2,1H3/b5-2+. The van der Waals surface area contributed by atoms with Gasteiger partial charge >= 0.3 is 0 Å². The van der Waals surface area contributed by atoms with E-state index in [2.05, 4.69) is 6.08 Å². The molecule has 0 fully saturated rings. The minimum Gasteiger partial charge on any atom is -0.494 e. The maximum atomic E-state index is 5.29. The molecule has 1 heterocycles. The molecule has 1 rings (SSSR count). The van der Waals surface area contributed by atoms with Gasteiger partial charge in [0.15, 0.2) is 0 Å². The largest absolute Gasteiger partial charge is 0.494 e. The molecule has 0 aromatic carbocycles. The molecule has 0 aromatic rings. The monoisotopic (exact) mass is 124 g/mol. The van der Waals surface area contributed by atoms with Crippen molar-refractivity contribution in [1.29, 1.82) is 0 Å². The zero-order chi connectivity index (χ0) is 6.53. The lowest BCUT2D eigenvalue weighted by Gasteiger charge is -2.10. The highest BCUT2D eigenvalue weighted by Crippen LogP contribution is 2.09. The molecule has 0 aliphatic carbocycles. The van der Waals surface area contributed by atoms with Gasteiger partial charge in [-0.3, -0.25) is 0 Å². The topological polar surface area (TPSA) is 9.23 Å². The first-order valence-electron chi connectivity index (χ1n) is 3.39. The van der Waals surface area contributed by atoms with Crippen LogP contribution >= 0.6 is 0 Å². The molecule has 0 amide bonds. The lowest BCUT2D eigenvalue weighted by atomic mass is 10.2. The summed E-state index contributed by atoms with van der Waals surface area (Å²) in [5.41, 5.74) is 0. The summed E-state index contributed by atoms with van der Waals surface area (Å²) in [6, 6.07) is 0. The highest BCUT2D eigenvalue weighted by Gasteiger charge is 1.97. The summed E-state index contributed by atoms with van der Waals surface area (Å²) in [5, 5.41) is 0. The van der Waals surface area contributed by atoms with Gasteiger partial charge < -0.3 is 4.74 Å². The summed E-state index contributed by atoms with van der Waals surface area (Å²) < 4.78 is 5.29. The summed E-state index contributed by atoms with van der Waals surface area (Å²) in [4.78, 5) is 0. The molecule has 0 spiro atoms. The summed E-state index contributed by atoms with van der Waals surface area (Å²) in [6.07, 6.45) is 8.46. The fraction of sp³-hybridized carbons (Fsp3) is 0.500. The zero-order valence-corrected chi connectivity index (χ0v) is 5.76. The Morgan fingerprint density at radius 3 is 3.11 bits per heavy atom. The average Bonchev–Trinajstić information content (AvgIpc) is 1.91. The van der Waals surface area contributed by atoms with Crippen molar-refractivity contribution in [3.05, 3.63) is 24.0 Å². The van der Waals surface area contributed by atoms with Crippen LogP contribution in [0.5, 0.6) is 0 Å². The van der Waals surface area contributed by atoms with Crippen LogP contribution in [-0.4, -0.2) is 6.61 Å². The molecule has 0 atom stereocenters. The molecule has 0 bridgehead atoms. The quantitative estimate of drug-likeness (QED) is 0.521. The SMILES string of the molecule is C/C=C/C1=CCCCO1. The molecule has 0 radical (unpaired) electrons. The van der Waals surface area contributed by atoms with E-state index in [1.54, 1.807) is 0 Å². The first kappa shape index (κ1) is 6.40. The van der Waals surface area contributed by atoms with E-state index < -0.39 is 0 Å². The van der Waals surface area contributed by atoms with E-state index in [0.717, 1.165) is 12.4 Å². The molecule has 0 N–H and O–H groups in total. The van der Waals surface area contributed by atoms with E-state index in [4.69, 9.17) is 4.74 Å². The Bertz CT molecular complexity index is 134. The van der Waals surface area contributed by atoms with Crippen molar-refractivity contribution in [3.8, 4) is 0 Å². The Morgan fingerprint density at radius 1 is 1.67 bits per heavy atom. The van der Waals surface area contributed by atoms with Gasteiger partial charge in [-0.25, -0.2) is 0 Å². The third kappa shape index (κ3) is 1.92. The van der Waals surface area contributed by atoms with Crippen LogP contribution in [-0.2, 0) is 4.74 Å². The van der Waals surface area contributed by atoms with Crippen molar-refractivity contribution in [2.75, 3.05) is 6.61 Å². The van der Waals surface area contributed by atoms with Crippen molar-refractivity contribution in [3.63, 3.8) is 0 Å². The van der Waals surface area contributed by atoms with Gasteiger partial charge in [-0.15, -0.1) is 0 Å². The van der Waals surface area contributed by atoms with Crippen molar-refractivity contribution in [1.82, 2.24) is 0 Å². The second-order valence-corrected chi connectivity index (χ2v) is 2.10. The molecule has 9 heavy (non-hydrogen) atoms. The summed E-state index contributed by atoms with van der Waals surface area (Å²) in [5.74, 6) is 1.03. The van der Waals surface area contributed by atoms with E-state index in [-0.39, 0.29) is 0 Å². The third-order valence-electron chi connectivity index (χ3n) is 1.29.